The van der Waals surface area contributed by atoms with Crippen LogP contribution in [0.4, 0.5) is 30.2 Å². The van der Waals surface area contributed by atoms with Gasteiger partial charge in [-0.2, -0.15) is 8.78 Å². The van der Waals surface area contributed by atoms with Crippen LogP contribution in [0.5, 0.6) is 0 Å². The predicted octanol–water partition coefficient (Wildman–Crippen LogP) is 4.55. The molecule has 0 unspecified atom stereocenters. The van der Waals surface area contributed by atoms with Crippen LogP contribution in [0.2, 0.25) is 0 Å². The maximum absolute atomic E-state index is 13.5. The van der Waals surface area contributed by atoms with E-state index >= 15 is 0 Å². The third kappa shape index (κ3) is 3.75. The van der Waals surface area contributed by atoms with Crippen molar-refractivity contribution in [1.82, 2.24) is 0 Å². The molecule has 2 aromatic rings. The second-order valence-corrected chi connectivity index (χ2v) is 7.70. The summed E-state index contributed by atoms with van der Waals surface area (Å²) in [5, 5.41) is 8.97. The molecule has 1 atom stereocenters. The van der Waals surface area contributed by atoms with Gasteiger partial charge in [-0.1, -0.05) is 29.3 Å². The summed E-state index contributed by atoms with van der Waals surface area (Å²) < 4.78 is 63.6. The van der Waals surface area contributed by atoms with Crippen LogP contribution in [0.25, 0.3) is 0 Å². The van der Waals surface area contributed by atoms with Crippen LogP contribution in [-0.4, -0.2) is 24.2 Å². The molecule has 1 N–H and O–H groups in total. The highest BCUT2D eigenvalue weighted by Crippen LogP contribution is 2.38. The number of halogens is 4. The minimum atomic E-state index is -5.56. The van der Waals surface area contributed by atoms with Crippen molar-refractivity contribution in [2.45, 2.75) is 22.7 Å². The molecule has 0 aromatic heterocycles. The Hall–Kier alpha value is -2.33. The van der Waals surface area contributed by atoms with Crippen LogP contribution < -0.4 is 5.32 Å². The van der Waals surface area contributed by atoms with Crippen molar-refractivity contribution in [2.24, 2.45) is 0 Å². The van der Waals surface area contributed by atoms with Crippen LogP contribution >= 0.6 is 11.6 Å². The molecule has 26 heavy (non-hydrogen) atoms. The van der Waals surface area contributed by atoms with E-state index in [4.69, 9.17) is 0 Å². The minimum absolute atomic E-state index is 0.121. The number of anilines is 2. The molecule has 0 bridgehead atoms. The normalized spacial score (nSPS) is 13.3. The lowest BCUT2D eigenvalue weighted by molar-refractivity contribution is -0.384. The van der Waals surface area contributed by atoms with Gasteiger partial charge in [0.15, 0.2) is 0 Å². The van der Waals surface area contributed by atoms with Crippen LogP contribution in [0.1, 0.15) is 5.56 Å². The maximum atomic E-state index is 13.5. The highest BCUT2D eigenvalue weighted by molar-refractivity contribution is 7.92. The molecule has 2 rings (SSSR count). The first-order valence-electron chi connectivity index (χ1n) is 6.99. The molecule has 2 aromatic carbocycles. The first-order chi connectivity index (χ1) is 12.0. The van der Waals surface area contributed by atoms with Gasteiger partial charge in [-0.3, -0.25) is 10.1 Å². The van der Waals surface area contributed by atoms with Crippen LogP contribution in [0.15, 0.2) is 47.4 Å². The zero-order valence-electron chi connectivity index (χ0n) is 13.1. The van der Waals surface area contributed by atoms with E-state index < -0.39 is 36.2 Å². The lowest BCUT2D eigenvalue weighted by Crippen LogP contribution is -2.36. The van der Waals surface area contributed by atoms with Gasteiger partial charge in [0.25, 0.3) is 11.3 Å². The van der Waals surface area contributed by atoms with Gasteiger partial charge in [0.1, 0.15) is 5.69 Å². The first-order valence-corrected chi connectivity index (χ1v) is 8.91. The van der Waals surface area contributed by atoms with E-state index in [1.807, 2.05) is 6.92 Å². The molecule has 0 saturated heterocycles. The van der Waals surface area contributed by atoms with E-state index in [9.17, 15) is 31.7 Å². The fourth-order valence-electron chi connectivity index (χ4n) is 2.00. The summed E-state index contributed by atoms with van der Waals surface area (Å²) in [4.78, 5) is 9.15. The third-order valence-electron chi connectivity index (χ3n) is 3.42. The van der Waals surface area contributed by atoms with Crippen molar-refractivity contribution in [2.75, 3.05) is 5.32 Å². The molecular formula is C15H12ClF3N2O4S. The summed E-state index contributed by atoms with van der Waals surface area (Å²) in [6.07, 6.45) is 0. The van der Waals surface area contributed by atoms with E-state index in [1.165, 1.54) is 0 Å². The van der Waals surface area contributed by atoms with Crippen LogP contribution in [0, 0.1) is 17.0 Å². The van der Waals surface area contributed by atoms with E-state index in [2.05, 4.69) is 16.9 Å². The average Bonchev–Trinajstić information content (AvgIpc) is 2.56. The number of hydrogen-bond acceptors (Lipinski definition) is 5. The zero-order chi connectivity index (χ0) is 19.7. The van der Waals surface area contributed by atoms with Crippen molar-refractivity contribution < 1.29 is 26.5 Å². The minimum Gasteiger partial charge on any atom is -0.350 e. The van der Waals surface area contributed by atoms with E-state index in [0.29, 0.717) is 17.8 Å². The fraction of sp³-hybridized carbons (Fsp3) is 0.200. The number of nitro groups is 1. The van der Waals surface area contributed by atoms with Gasteiger partial charge < -0.3 is 5.32 Å². The number of aryl methyl sites for hydroxylation is 1. The molecule has 140 valence electrons. The van der Waals surface area contributed by atoms with Crippen molar-refractivity contribution in [3.05, 3.63) is 58.1 Å². The van der Waals surface area contributed by atoms with Gasteiger partial charge in [-0.05, 0) is 31.2 Å². The second kappa shape index (κ2) is 7.12. The van der Waals surface area contributed by atoms with Crippen molar-refractivity contribution in [1.29, 1.82) is 0 Å². The Morgan fingerprint density at radius 3 is 2.27 bits per heavy atom. The van der Waals surface area contributed by atoms with Crippen molar-refractivity contribution in [3.63, 3.8) is 0 Å². The molecule has 0 amide bonds. The van der Waals surface area contributed by atoms with Crippen molar-refractivity contribution >= 4 is 38.5 Å². The van der Waals surface area contributed by atoms with E-state index in [-0.39, 0.29) is 5.69 Å². The number of nitro benzene ring substituents is 1. The molecule has 11 heteroatoms. The van der Waals surface area contributed by atoms with Gasteiger partial charge in [0.05, 0.1) is 9.82 Å². The van der Waals surface area contributed by atoms with Crippen LogP contribution in [0.3, 0.4) is 0 Å². The first kappa shape index (κ1) is 20.0. The zero-order valence-corrected chi connectivity index (χ0v) is 14.7. The van der Waals surface area contributed by atoms with Gasteiger partial charge in [0, 0.05) is 11.8 Å². The lowest BCUT2D eigenvalue weighted by atomic mass is 10.2. The van der Waals surface area contributed by atoms with Crippen molar-refractivity contribution in [3.8, 4) is 0 Å². The van der Waals surface area contributed by atoms with Crippen LogP contribution in [-0.2, 0) is 9.84 Å². The quantitative estimate of drug-likeness (QED) is 0.430. The number of alkyl halides is 4. The average molecular weight is 409 g/mol. The smallest absolute Gasteiger partial charge is 0.350 e. The largest absolute Gasteiger partial charge is 0.393 e. The summed E-state index contributed by atoms with van der Waals surface area (Å²) >= 11 is 4.62. The Bertz CT molecular complexity index is 934. The summed E-state index contributed by atoms with van der Waals surface area (Å²) in [5.74, 6) is 0. The summed E-state index contributed by atoms with van der Waals surface area (Å²) in [6, 6.07) is 8.80. The lowest BCUT2D eigenvalue weighted by Gasteiger charge is -2.17. The SMILES string of the molecule is Cc1ccc(Nc2ccc(S(=O)(=O)C(F)(F)[C@@H](F)Cl)cc2[N+](=O)[O-])cc1. The molecule has 0 fully saturated rings. The Labute approximate surface area is 151 Å². The summed E-state index contributed by atoms with van der Waals surface area (Å²) in [6.45, 7) is 1.83. The molecule has 0 radical (unpaired) electrons. The van der Waals surface area contributed by atoms with Gasteiger partial charge in [-0.15, -0.1) is 0 Å². The molecule has 0 aliphatic heterocycles. The number of sulfone groups is 1. The Kier molecular flexibility index (Phi) is 5.47. The number of benzene rings is 2. The molecule has 0 aliphatic rings. The summed E-state index contributed by atoms with van der Waals surface area (Å²) in [5.41, 5.74) is -2.99. The van der Waals surface area contributed by atoms with Gasteiger partial charge in [-0.25, -0.2) is 12.8 Å². The van der Waals surface area contributed by atoms with E-state index in [0.717, 1.165) is 11.6 Å². The Morgan fingerprint density at radius 1 is 1.19 bits per heavy atom. The Balaban J connectivity index is 2.50. The Morgan fingerprint density at radius 2 is 1.77 bits per heavy atom. The molecule has 0 spiro atoms. The second-order valence-electron chi connectivity index (χ2n) is 5.29. The highest BCUT2D eigenvalue weighted by Gasteiger charge is 2.53. The fourth-order valence-corrected chi connectivity index (χ4v) is 3.42. The van der Waals surface area contributed by atoms with E-state index in [1.54, 1.807) is 24.3 Å². The third-order valence-corrected chi connectivity index (χ3v) is 5.62. The standard InChI is InChI=1S/C15H12ClF3N2O4S/c1-9-2-4-10(5-3-9)20-12-7-6-11(8-13(12)21(22)23)26(24,25)15(18,19)14(16)17/h2-8,14,20H,1H3/t14-/m1/s1. The number of nitrogens with zero attached hydrogens (tertiary/aromatic N) is 1. The number of hydrogen-bond donors (Lipinski definition) is 1. The van der Waals surface area contributed by atoms with Gasteiger partial charge in [0.2, 0.25) is 9.84 Å². The summed E-state index contributed by atoms with van der Waals surface area (Å²) in [7, 11) is -5.56. The molecule has 6 nitrogen and oxygen atoms in total. The highest BCUT2D eigenvalue weighted by atomic mass is 35.5. The number of rotatable bonds is 6. The number of nitrogens with one attached hydrogen (secondary N) is 1. The molecule has 0 heterocycles. The topological polar surface area (TPSA) is 89.3 Å². The molecule has 0 aliphatic carbocycles. The molecule has 0 saturated carbocycles. The maximum Gasteiger partial charge on any atom is 0.393 e. The van der Waals surface area contributed by atoms with Gasteiger partial charge >= 0.3 is 5.25 Å². The predicted molar refractivity (Wildman–Crippen MR) is 90.4 cm³/mol. The monoisotopic (exact) mass is 408 g/mol. The molecular weight excluding hydrogens is 397 g/mol.